The van der Waals surface area contributed by atoms with Gasteiger partial charge in [-0.05, 0) is 69.0 Å². The molecule has 1 saturated heterocycles. The average Bonchev–Trinajstić information content (AvgIpc) is 2.85. The highest BCUT2D eigenvalue weighted by molar-refractivity contribution is 5.90. The number of likely N-dealkylation sites (tertiary alicyclic amines) is 1. The lowest BCUT2D eigenvalue weighted by Gasteiger charge is -2.29. The van der Waals surface area contributed by atoms with Gasteiger partial charge in [0.1, 0.15) is 6.10 Å². The maximum atomic E-state index is 12.2. The van der Waals surface area contributed by atoms with Crippen LogP contribution < -0.4 is 0 Å². The quantitative estimate of drug-likeness (QED) is 0.764. The van der Waals surface area contributed by atoms with Crippen molar-refractivity contribution < 1.29 is 9.53 Å². The van der Waals surface area contributed by atoms with Gasteiger partial charge in [-0.25, -0.2) is 4.79 Å². The van der Waals surface area contributed by atoms with Gasteiger partial charge in [0.2, 0.25) is 0 Å². The Labute approximate surface area is 114 Å². The monoisotopic (exact) mass is 259 g/mol. The number of likely N-dealkylation sites (N-methyl/N-ethyl adjacent to an activating group) is 1. The van der Waals surface area contributed by atoms with E-state index in [4.69, 9.17) is 4.74 Å². The molecule has 102 valence electrons. The number of fused-ring (bicyclic) bond motifs is 1. The molecule has 1 aromatic carbocycles. The number of carbonyl (C=O) groups excluding carboxylic acids is 1. The molecule has 3 heteroatoms. The summed E-state index contributed by atoms with van der Waals surface area (Å²) in [5, 5.41) is 0. The van der Waals surface area contributed by atoms with Crippen molar-refractivity contribution in [2.75, 3.05) is 20.1 Å². The number of carbonyl (C=O) groups is 1. The Bertz CT molecular complexity index is 484. The van der Waals surface area contributed by atoms with Crippen molar-refractivity contribution in [1.29, 1.82) is 0 Å². The molecule has 0 bridgehead atoms. The van der Waals surface area contributed by atoms with Crippen molar-refractivity contribution in [3.8, 4) is 0 Å². The van der Waals surface area contributed by atoms with Crippen LogP contribution in [0.15, 0.2) is 18.2 Å². The molecule has 0 N–H and O–H groups in total. The molecular weight excluding hydrogens is 238 g/mol. The molecule has 0 amide bonds. The summed E-state index contributed by atoms with van der Waals surface area (Å²) >= 11 is 0. The standard InChI is InChI=1S/C16H21NO2/c1-17-9-3-6-15(11-17)19-16(18)14-8-7-12-4-2-5-13(12)10-14/h7-8,10,15H,2-6,9,11H2,1H3. The van der Waals surface area contributed by atoms with E-state index >= 15 is 0 Å². The Morgan fingerprint density at radius 3 is 2.95 bits per heavy atom. The molecule has 1 aromatic rings. The van der Waals surface area contributed by atoms with Crippen molar-refractivity contribution in [2.45, 2.75) is 38.2 Å². The van der Waals surface area contributed by atoms with Crippen LogP contribution in [-0.4, -0.2) is 37.1 Å². The lowest BCUT2D eigenvalue weighted by Crippen LogP contribution is -2.38. The van der Waals surface area contributed by atoms with E-state index in [0.29, 0.717) is 5.56 Å². The van der Waals surface area contributed by atoms with Gasteiger partial charge in [-0.2, -0.15) is 0 Å². The number of aryl methyl sites for hydroxylation is 2. The fraction of sp³-hybridized carbons (Fsp3) is 0.562. The molecular formula is C16H21NO2. The highest BCUT2D eigenvalue weighted by Crippen LogP contribution is 2.23. The Kier molecular flexibility index (Phi) is 3.56. The largest absolute Gasteiger partial charge is 0.457 e. The van der Waals surface area contributed by atoms with Gasteiger partial charge in [0.05, 0.1) is 5.56 Å². The number of hydrogen-bond acceptors (Lipinski definition) is 3. The van der Waals surface area contributed by atoms with E-state index in [1.54, 1.807) is 0 Å². The smallest absolute Gasteiger partial charge is 0.338 e. The van der Waals surface area contributed by atoms with E-state index in [1.807, 2.05) is 12.1 Å². The van der Waals surface area contributed by atoms with Crippen LogP contribution in [0.2, 0.25) is 0 Å². The Morgan fingerprint density at radius 2 is 2.11 bits per heavy atom. The van der Waals surface area contributed by atoms with Crippen molar-refractivity contribution in [3.63, 3.8) is 0 Å². The predicted octanol–water partition coefficient (Wildman–Crippen LogP) is 2.43. The first-order valence-corrected chi connectivity index (χ1v) is 7.24. The average molecular weight is 259 g/mol. The van der Waals surface area contributed by atoms with Crippen LogP contribution in [0.5, 0.6) is 0 Å². The van der Waals surface area contributed by atoms with E-state index < -0.39 is 0 Å². The number of piperidine rings is 1. The third-order valence-corrected chi connectivity index (χ3v) is 4.19. The van der Waals surface area contributed by atoms with Gasteiger partial charge in [0, 0.05) is 6.54 Å². The Morgan fingerprint density at radius 1 is 1.26 bits per heavy atom. The summed E-state index contributed by atoms with van der Waals surface area (Å²) in [6.07, 6.45) is 5.61. The van der Waals surface area contributed by atoms with Crippen molar-refractivity contribution in [3.05, 3.63) is 34.9 Å². The summed E-state index contributed by atoms with van der Waals surface area (Å²) in [5.74, 6) is -0.157. The third-order valence-electron chi connectivity index (χ3n) is 4.19. The second kappa shape index (κ2) is 5.33. The van der Waals surface area contributed by atoms with Gasteiger partial charge in [-0.3, -0.25) is 0 Å². The van der Waals surface area contributed by atoms with Crippen LogP contribution in [0, 0.1) is 0 Å². The van der Waals surface area contributed by atoms with E-state index in [0.717, 1.165) is 38.8 Å². The summed E-state index contributed by atoms with van der Waals surface area (Å²) < 4.78 is 5.63. The molecule has 3 nitrogen and oxygen atoms in total. The summed E-state index contributed by atoms with van der Waals surface area (Å²) in [5.41, 5.74) is 3.44. The van der Waals surface area contributed by atoms with Gasteiger partial charge >= 0.3 is 5.97 Å². The van der Waals surface area contributed by atoms with Crippen molar-refractivity contribution in [1.82, 2.24) is 4.90 Å². The van der Waals surface area contributed by atoms with Crippen molar-refractivity contribution in [2.24, 2.45) is 0 Å². The second-order valence-electron chi connectivity index (χ2n) is 5.77. The fourth-order valence-electron chi connectivity index (χ4n) is 3.13. The summed E-state index contributed by atoms with van der Waals surface area (Å²) in [6.45, 7) is 1.96. The number of nitrogens with zero attached hydrogens (tertiary/aromatic N) is 1. The molecule has 0 spiro atoms. The first kappa shape index (κ1) is 12.7. The zero-order chi connectivity index (χ0) is 13.2. The zero-order valence-corrected chi connectivity index (χ0v) is 11.5. The molecule has 1 unspecified atom stereocenters. The summed E-state index contributed by atoms with van der Waals surface area (Å²) in [6, 6.07) is 6.03. The van der Waals surface area contributed by atoms with Crippen LogP contribution in [0.4, 0.5) is 0 Å². The van der Waals surface area contributed by atoms with Crippen LogP contribution in [0.25, 0.3) is 0 Å². The highest BCUT2D eigenvalue weighted by Gasteiger charge is 2.22. The van der Waals surface area contributed by atoms with Crippen LogP contribution in [0.3, 0.4) is 0 Å². The molecule has 0 saturated carbocycles. The molecule has 3 rings (SSSR count). The SMILES string of the molecule is CN1CCCC(OC(=O)c2ccc3c(c2)CCC3)C1. The van der Waals surface area contributed by atoms with E-state index in [9.17, 15) is 4.79 Å². The molecule has 1 heterocycles. The third kappa shape index (κ3) is 2.81. The molecule has 0 aromatic heterocycles. The van der Waals surface area contributed by atoms with Gasteiger partial charge < -0.3 is 9.64 Å². The van der Waals surface area contributed by atoms with Gasteiger partial charge in [-0.15, -0.1) is 0 Å². The minimum absolute atomic E-state index is 0.0551. The van der Waals surface area contributed by atoms with E-state index in [-0.39, 0.29) is 12.1 Å². The Balaban J connectivity index is 1.67. The summed E-state index contributed by atoms with van der Waals surface area (Å²) in [4.78, 5) is 14.4. The van der Waals surface area contributed by atoms with Gasteiger partial charge in [-0.1, -0.05) is 6.07 Å². The van der Waals surface area contributed by atoms with E-state index in [1.165, 1.54) is 17.5 Å². The highest BCUT2D eigenvalue weighted by atomic mass is 16.5. The topological polar surface area (TPSA) is 29.5 Å². The van der Waals surface area contributed by atoms with Crippen molar-refractivity contribution >= 4 is 5.97 Å². The maximum Gasteiger partial charge on any atom is 0.338 e. The first-order valence-electron chi connectivity index (χ1n) is 7.24. The lowest BCUT2D eigenvalue weighted by atomic mass is 10.1. The van der Waals surface area contributed by atoms with Crippen LogP contribution >= 0.6 is 0 Å². The van der Waals surface area contributed by atoms with Crippen LogP contribution in [-0.2, 0) is 17.6 Å². The normalized spacial score (nSPS) is 23.1. The lowest BCUT2D eigenvalue weighted by molar-refractivity contribution is 0.0108. The minimum atomic E-state index is -0.157. The Hall–Kier alpha value is -1.35. The maximum absolute atomic E-state index is 12.2. The number of ether oxygens (including phenoxy) is 1. The van der Waals surface area contributed by atoms with Gasteiger partial charge in [0.15, 0.2) is 0 Å². The molecule has 1 aliphatic carbocycles. The molecule has 2 aliphatic rings. The number of benzene rings is 1. The predicted molar refractivity (Wildman–Crippen MR) is 74.4 cm³/mol. The zero-order valence-electron chi connectivity index (χ0n) is 11.5. The summed E-state index contributed by atoms with van der Waals surface area (Å²) in [7, 11) is 2.08. The van der Waals surface area contributed by atoms with Gasteiger partial charge in [0.25, 0.3) is 0 Å². The molecule has 1 aliphatic heterocycles. The number of esters is 1. The molecule has 19 heavy (non-hydrogen) atoms. The minimum Gasteiger partial charge on any atom is -0.457 e. The number of hydrogen-bond donors (Lipinski definition) is 0. The van der Waals surface area contributed by atoms with Crippen LogP contribution in [0.1, 0.15) is 40.7 Å². The fourth-order valence-corrected chi connectivity index (χ4v) is 3.13. The molecule has 1 atom stereocenters. The number of rotatable bonds is 2. The molecule has 1 fully saturated rings. The van der Waals surface area contributed by atoms with E-state index in [2.05, 4.69) is 18.0 Å². The molecule has 0 radical (unpaired) electrons. The first-order chi connectivity index (χ1) is 9.22. The second-order valence-corrected chi connectivity index (χ2v) is 5.77.